The standard InChI is InChI=1S/C13H22BrNO2/c1-3-17-12-8-11(16)13(12)4-6-15(7-5-13)9-10(2)14/h11-12,16H,2-9H2,1H3/t11-,12+/m1/s1. The lowest BCUT2D eigenvalue weighted by atomic mass is 9.58. The van der Waals surface area contributed by atoms with Crippen LogP contribution in [-0.4, -0.2) is 48.5 Å². The van der Waals surface area contributed by atoms with Gasteiger partial charge in [-0.05, 0) is 32.9 Å². The van der Waals surface area contributed by atoms with Crippen LogP contribution in [0.3, 0.4) is 0 Å². The molecular weight excluding hydrogens is 282 g/mol. The summed E-state index contributed by atoms with van der Waals surface area (Å²) in [4.78, 5) is 2.39. The predicted molar refractivity (Wildman–Crippen MR) is 72.2 cm³/mol. The summed E-state index contributed by atoms with van der Waals surface area (Å²) in [5.74, 6) is 0. The Kier molecular flexibility index (Phi) is 4.29. The zero-order chi connectivity index (χ0) is 12.5. The van der Waals surface area contributed by atoms with Gasteiger partial charge in [-0.3, -0.25) is 4.90 Å². The second-order valence-electron chi connectivity index (χ2n) is 5.22. The van der Waals surface area contributed by atoms with E-state index in [-0.39, 0.29) is 17.6 Å². The average Bonchev–Trinajstić information content (AvgIpc) is 2.29. The van der Waals surface area contributed by atoms with Gasteiger partial charge in [0.1, 0.15) is 0 Å². The van der Waals surface area contributed by atoms with Crippen LogP contribution in [0.15, 0.2) is 11.1 Å². The molecule has 2 fully saturated rings. The summed E-state index contributed by atoms with van der Waals surface area (Å²) in [5, 5.41) is 10.1. The number of ether oxygens (including phenoxy) is 1. The van der Waals surface area contributed by atoms with E-state index in [2.05, 4.69) is 27.4 Å². The second kappa shape index (κ2) is 5.39. The van der Waals surface area contributed by atoms with Gasteiger partial charge in [0.15, 0.2) is 0 Å². The molecule has 1 heterocycles. The Morgan fingerprint density at radius 1 is 1.53 bits per heavy atom. The van der Waals surface area contributed by atoms with Crippen LogP contribution in [0.1, 0.15) is 26.2 Å². The van der Waals surface area contributed by atoms with Crippen LogP contribution in [0, 0.1) is 5.41 Å². The van der Waals surface area contributed by atoms with Crippen LogP contribution >= 0.6 is 15.9 Å². The van der Waals surface area contributed by atoms with Crippen molar-refractivity contribution in [3.8, 4) is 0 Å². The minimum atomic E-state index is -0.159. The van der Waals surface area contributed by atoms with Crippen molar-refractivity contribution in [1.29, 1.82) is 0 Å². The van der Waals surface area contributed by atoms with E-state index in [0.29, 0.717) is 0 Å². The molecule has 3 nitrogen and oxygen atoms in total. The largest absolute Gasteiger partial charge is 0.392 e. The minimum Gasteiger partial charge on any atom is -0.392 e. The zero-order valence-electron chi connectivity index (χ0n) is 10.5. The van der Waals surface area contributed by atoms with Gasteiger partial charge in [0.05, 0.1) is 12.2 Å². The van der Waals surface area contributed by atoms with E-state index in [9.17, 15) is 5.11 Å². The van der Waals surface area contributed by atoms with Crippen LogP contribution < -0.4 is 0 Å². The highest BCUT2D eigenvalue weighted by molar-refractivity contribution is 9.11. The van der Waals surface area contributed by atoms with E-state index in [4.69, 9.17) is 4.74 Å². The molecule has 0 bridgehead atoms. The first kappa shape index (κ1) is 13.5. The molecule has 1 spiro atoms. The monoisotopic (exact) mass is 303 g/mol. The fraction of sp³-hybridized carbons (Fsp3) is 0.846. The summed E-state index contributed by atoms with van der Waals surface area (Å²) >= 11 is 3.41. The lowest BCUT2D eigenvalue weighted by Gasteiger charge is -2.56. The molecule has 1 aliphatic carbocycles. The van der Waals surface area contributed by atoms with Crippen LogP contribution in [-0.2, 0) is 4.74 Å². The topological polar surface area (TPSA) is 32.7 Å². The highest BCUT2D eigenvalue weighted by atomic mass is 79.9. The Morgan fingerprint density at radius 2 is 2.18 bits per heavy atom. The predicted octanol–water partition coefficient (Wildman–Crippen LogP) is 2.15. The Balaban J connectivity index is 1.90. The van der Waals surface area contributed by atoms with Gasteiger partial charge in [-0.1, -0.05) is 22.5 Å². The van der Waals surface area contributed by atoms with Crippen molar-refractivity contribution >= 4 is 15.9 Å². The van der Waals surface area contributed by atoms with Crippen molar-refractivity contribution in [2.75, 3.05) is 26.2 Å². The third-order valence-electron chi connectivity index (χ3n) is 4.29. The first-order valence-corrected chi connectivity index (χ1v) is 7.23. The van der Waals surface area contributed by atoms with Crippen molar-refractivity contribution in [3.05, 3.63) is 11.1 Å². The molecule has 1 aliphatic heterocycles. The number of aliphatic hydroxyl groups excluding tert-OH is 1. The van der Waals surface area contributed by atoms with Crippen LogP contribution in [0.25, 0.3) is 0 Å². The Bertz CT molecular complexity index is 285. The quantitative estimate of drug-likeness (QED) is 0.864. The van der Waals surface area contributed by atoms with Crippen molar-refractivity contribution in [1.82, 2.24) is 4.90 Å². The third-order valence-corrected chi connectivity index (χ3v) is 4.54. The SMILES string of the molecule is C=C(Br)CN1CCC2(CC1)[C@H](O)C[C@@H]2OCC. The van der Waals surface area contributed by atoms with Gasteiger partial charge in [-0.25, -0.2) is 0 Å². The van der Waals surface area contributed by atoms with E-state index < -0.39 is 0 Å². The highest BCUT2D eigenvalue weighted by Crippen LogP contribution is 2.50. The average molecular weight is 304 g/mol. The van der Waals surface area contributed by atoms with Crippen LogP contribution in [0.2, 0.25) is 0 Å². The molecule has 98 valence electrons. The molecule has 4 heteroatoms. The number of halogens is 1. The molecule has 0 aromatic heterocycles. The molecule has 0 radical (unpaired) electrons. The van der Waals surface area contributed by atoms with Crippen molar-refractivity contribution in [2.24, 2.45) is 5.41 Å². The van der Waals surface area contributed by atoms with Gasteiger partial charge in [-0.2, -0.15) is 0 Å². The van der Waals surface area contributed by atoms with Crippen LogP contribution in [0.4, 0.5) is 0 Å². The summed E-state index contributed by atoms with van der Waals surface area (Å²) < 4.78 is 6.78. The number of rotatable bonds is 4. The Labute approximate surface area is 112 Å². The highest BCUT2D eigenvalue weighted by Gasteiger charge is 2.55. The summed E-state index contributed by atoms with van der Waals surface area (Å²) in [6, 6.07) is 0. The summed E-state index contributed by atoms with van der Waals surface area (Å²) in [6.45, 7) is 9.64. The number of hydrogen-bond acceptors (Lipinski definition) is 3. The number of hydrogen-bond donors (Lipinski definition) is 1. The molecular formula is C13H22BrNO2. The molecule has 1 N–H and O–H groups in total. The molecule has 0 amide bonds. The second-order valence-corrected chi connectivity index (χ2v) is 6.34. The molecule has 2 rings (SSSR count). The van der Waals surface area contributed by atoms with Gasteiger partial charge in [-0.15, -0.1) is 0 Å². The summed E-state index contributed by atoms with van der Waals surface area (Å²) in [6.07, 6.45) is 3.02. The van der Waals surface area contributed by atoms with Gasteiger partial charge in [0, 0.05) is 29.5 Å². The maximum atomic E-state index is 10.1. The molecule has 1 saturated carbocycles. The lowest BCUT2D eigenvalue weighted by molar-refractivity contribution is -0.209. The summed E-state index contributed by atoms with van der Waals surface area (Å²) in [7, 11) is 0. The van der Waals surface area contributed by atoms with E-state index in [1.807, 2.05) is 6.92 Å². The summed E-state index contributed by atoms with van der Waals surface area (Å²) in [5.41, 5.74) is 0.0418. The molecule has 1 saturated heterocycles. The minimum absolute atomic E-state index is 0.0418. The zero-order valence-corrected chi connectivity index (χ0v) is 12.1. The van der Waals surface area contributed by atoms with Gasteiger partial charge in [0.2, 0.25) is 0 Å². The van der Waals surface area contributed by atoms with Crippen LogP contribution in [0.5, 0.6) is 0 Å². The number of nitrogens with zero attached hydrogens (tertiary/aromatic N) is 1. The van der Waals surface area contributed by atoms with E-state index >= 15 is 0 Å². The fourth-order valence-corrected chi connectivity index (χ4v) is 3.54. The van der Waals surface area contributed by atoms with E-state index in [1.165, 1.54) is 0 Å². The van der Waals surface area contributed by atoms with Gasteiger partial charge < -0.3 is 9.84 Å². The maximum absolute atomic E-state index is 10.1. The molecule has 0 aromatic carbocycles. The first-order chi connectivity index (χ1) is 8.08. The van der Waals surface area contributed by atoms with Gasteiger partial charge >= 0.3 is 0 Å². The maximum Gasteiger partial charge on any atom is 0.0681 e. The van der Waals surface area contributed by atoms with E-state index in [0.717, 1.165) is 50.0 Å². The van der Waals surface area contributed by atoms with Gasteiger partial charge in [0.25, 0.3) is 0 Å². The number of likely N-dealkylation sites (tertiary alicyclic amines) is 1. The normalized spacial score (nSPS) is 32.4. The fourth-order valence-electron chi connectivity index (χ4n) is 3.19. The Morgan fingerprint density at radius 3 is 2.65 bits per heavy atom. The number of aliphatic hydroxyl groups is 1. The molecule has 0 aromatic rings. The first-order valence-electron chi connectivity index (χ1n) is 6.44. The smallest absolute Gasteiger partial charge is 0.0681 e. The molecule has 2 atom stereocenters. The molecule has 17 heavy (non-hydrogen) atoms. The van der Waals surface area contributed by atoms with Crippen molar-refractivity contribution < 1.29 is 9.84 Å². The Hall–Kier alpha value is 0.1000. The lowest BCUT2D eigenvalue weighted by Crippen LogP contribution is -2.62. The molecule has 2 aliphatic rings. The van der Waals surface area contributed by atoms with E-state index in [1.54, 1.807) is 0 Å². The third kappa shape index (κ3) is 2.60. The number of piperidine rings is 1. The molecule has 0 unspecified atom stereocenters. The van der Waals surface area contributed by atoms with Crippen molar-refractivity contribution in [2.45, 2.75) is 38.4 Å². The van der Waals surface area contributed by atoms with Crippen molar-refractivity contribution in [3.63, 3.8) is 0 Å².